The molecule has 5 heteroatoms. The average molecular weight is 236 g/mol. The molecule has 0 aromatic rings. The molecule has 1 atom stereocenters. The molecule has 2 rings (SSSR count). The van der Waals surface area contributed by atoms with Crippen LogP contribution in [-0.2, 0) is 9.59 Å². The lowest BCUT2D eigenvalue weighted by molar-refractivity contribution is -0.149. The molecule has 0 N–H and O–H groups in total. The van der Waals surface area contributed by atoms with E-state index in [9.17, 15) is 14.4 Å². The zero-order valence-corrected chi connectivity index (χ0v) is 10.0. The van der Waals surface area contributed by atoms with Crippen molar-refractivity contribution in [3.05, 3.63) is 12.2 Å². The monoisotopic (exact) mass is 236 g/mol. The number of barbiturate groups is 1. The van der Waals surface area contributed by atoms with Gasteiger partial charge in [-0.15, -0.1) is 0 Å². The molecule has 0 aromatic heterocycles. The maximum Gasteiger partial charge on any atom is 0.332 e. The fourth-order valence-electron chi connectivity index (χ4n) is 2.42. The van der Waals surface area contributed by atoms with E-state index in [0.717, 1.165) is 29.1 Å². The van der Waals surface area contributed by atoms with Crippen molar-refractivity contribution in [1.29, 1.82) is 0 Å². The topological polar surface area (TPSA) is 57.7 Å². The first kappa shape index (κ1) is 11.8. The van der Waals surface area contributed by atoms with Crippen molar-refractivity contribution in [2.45, 2.75) is 19.3 Å². The van der Waals surface area contributed by atoms with Gasteiger partial charge in [0.05, 0.1) is 0 Å². The first-order valence-electron chi connectivity index (χ1n) is 5.80. The Kier molecular flexibility index (Phi) is 3.00. The largest absolute Gasteiger partial charge is 0.332 e. The molecule has 0 aromatic carbocycles. The van der Waals surface area contributed by atoms with Crippen LogP contribution in [0, 0.1) is 11.8 Å². The maximum absolute atomic E-state index is 12.0. The van der Waals surface area contributed by atoms with Crippen LogP contribution in [0.2, 0.25) is 0 Å². The first-order valence-corrected chi connectivity index (χ1v) is 5.80. The normalized spacial score (nSPS) is 26.9. The minimum absolute atomic E-state index is 0.0678. The van der Waals surface area contributed by atoms with Crippen molar-refractivity contribution in [1.82, 2.24) is 9.80 Å². The summed E-state index contributed by atoms with van der Waals surface area (Å²) >= 11 is 0. The molecule has 1 heterocycles. The fraction of sp³-hybridized carbons (Fsp3) is 0.583. The van der Waals surface area contributed by atoms with E-state index >= 15 is 0 Å². The lowest BCUT2D eigenvalue weighted by Crippen LogP contribution is -2.58. The van der Waals surface area contributed by atoms with Gasteiger partial charge in [0.15, 0.2) is 0 Å². The van der Waals surface area contributed by atoms with Crippen molar-refractivity contribution in [3.8, 4) is 0 Å². The summed E-state index contributed by atoms with van der Waals surface area (Å²) in [6.45, 7) is 0. The number of hydrogen-bond acceptors (Lipinski definition) is 3. The molecule has 1 saturated heterocycles. The highest BCUT2D eigenvalue weighted by Gasteiger charge is 2.45. The van der Waals surface area contributed by atoms with E-state index in [1.54, 1.807) is 0 Å². The van der Waals surface area contributed by atoms with Crippen molar-refractivity contribution >= 4 is 17.8 Å². The zero-order valence-electron chi connectivity index (χ0n) is 10.0. The summed E-state index contributed by atoms with van der Waals surface area (Å²) in [6.07, 6.45) is 6.75. The van der Waals surface area contributed by atoms with Gasteiger partial charge < -0.3 is 0 Å². The van der Waals surface area contributed by atoms with Gasteiger partial charge in [0.25, 0.3) is 0 Å². The van der Waals surface area contributed by atoms with Crippen molar-refractivity contribution in [2.75, 3.05) is 14.1 Å². The average Bonchev–Trinajstić information content (AvgIpc) is 2.36. The van der Waals surface area contributed by atoms with Crippen LogP contribution in [0.5, 0.6) is 0 Å². The van der Waals surface area contributed by atoms with E-state index in [0.29, 0.717) is 0 Å². The number of carbonyl (C=O) groups excluding carboxylic acids is 3. The lowest BCUT2D eigenvalue weighted by atomic mass is 9.82. The van der Waals surface area contributed by atoms with Crippen LogP contribution in [0.1, 0.15) is 19.3 Å². The van der Waals surface area contributed by atoms with Crippen LogP contribution < -0.4 is 0 Å². The quantitative estimate of drug-likeness (QED) is 0.504. The fourth-order valence-corrected chi connectivity index (χ4v) is 2.42. The third-order valence-electron chi connectivity index (χ3n) is 3.49. The van der Waals surface area contributed by atoms with Gasteiger partial charge in [-0.2, -0.15) is 0 Å². The number of urea groups is 1. The van der Waals surface area contributed by atoms with E-state index < -0.39 is 11.9 Å². The number of hydrogen-bond donors (Lipinski definition) is 0. The summed E-state index contributed by atoms with van der Waals surface area (Å²) in [5.74, 6) is -1.55. The van der Waals surface area contributed by atoms with Gasteiger partial charge in [0.1, 0.15) is 5.92 Å². The van der Waals surface area contributed by atoms with Gasteiger partial charge in [-0.05, 0) is 25.2 Å². The van der Waals surface area contributed by atoms with Crippen LogP contribution in [0.25, 0.3) is 0 Å². The Morgan fingerprint density at radius 1 is 1.12 bits per heavy atom. The maximum atomic E-state index is 12.0. The minimum atomic E-state index is -0.723. The van der Waals surface area contributed by atoms with Crippen molar-refractivity contribution < 1.29 is 14.4 Å². The summed E-state index contributed by atoms with van der Waals surface area (Å²) in [7, 11) is 2.85. The van der Waals surface area contributed by atoms with Gasteiger partial charge in [-0.1, -0.05) is 12.2 Å². The summed E-state index contributed by atoms with van der Waals surface area (Å²) in [5.41, 5.74) is 0. The summed E-state index contributed by atoms with van der Waals surface area (Å²) in [6, 6.07) is -0.545. The molecule has 0 radical (unpaired) electrons. The molecule has 4 amide bonds. The molecular formula is C12H16N2O3. The molecule has 1 fully saturated rings. The molecule has 17 heavy (non-hydrogen) atoms. The number of nitrogens with zero attached hydrogens (tertiary/aromatic N) is 2. The van der Waals surface area contributed by atoms with E-state index in [-0.39, 0.29) is 17.7 Å². The van der Waals surface area contributed by atoms with Crippen LogP contribution in [0.4, 0.5) is 4.79 Å². The minimum Gasteiger partial charge on any atom is -0.273 e. The Bertz CT molecular complexity index is 379. The highest BCUT2D eigenvalue weighted by Crippen LogP contribution is 2.30. The third kappa shape index (κ3) is 1.85. The van der Waals surface area contributed by atoms with Gasteiger partial charge in [-0.3, -0.25) is 19.4 Å². The lowest BCUT2D eigenvalue weighted by Gasteiger charge is -2.36. The first-order chi connectivity index (χ1) is 8.04. The Morgan fingerprint density at radius 3 is 2.18 bits per heavy atom. The standard InChI is InChI=1S/C12H16N2O3/c1-13-10(15)9(8-6-4-3-5-7-8)11(16)14(2)12(13)17/h4,6,8-9H,3,5,7H2,1-2H3. The van der Waals surface area contributed by atoms with Crippen LogP contribution in [0.15, 0.2) is 12.2 Å². The number of imide groups is 2. The van der Waals surface area contributed by atoms with Gasteiger partial charge >= 0.3 is 6.03 Å². The molecule has 0 saturated carbocycles. The summed E-state index contributed by atoms with van der Waals surface area (Å²) in [4.78, 5) is 37.7. The molecule has 1 unspecified atom stereocenters. The summed E-state index contributed by atoms with van der Waals surface area (Å²) < 4.78 is 0. The van der Waals surface area contributed by atoms with Gasteiger partial charge in [0.2, 0.25) is 11.8 Å². The molecule has 5 nitrogen and oxygen atoms in total. The molecule has 1 aliphatic carbocycles. The second-order valence-corrected chi connectivity index (χ2v) is 4.58. The van der Waals surface area contributed by atoms with Crippen molar-refractivity contribution in [3.63, 3.8) is 0 Å². The zero-order chi connectivity index (χ0) is 12.6. The Labute approximate surface area is 100 Å². The van der Waals surface area contributed by atoms with Crippen LogP contribution in [0.3, 0.4) is 0 Å². The van der Waals surface area contributed by atoms with Crippen LogP contribution >= 0.6 is 0 Å². The second-order valence-electron chi connectivity index (χ2n) is 4.58. The third-order valence-corrected chi connectivity index (χ3v) is 3.49. The van der Waals surface area contributed by atoms with E-state index in [2.05, 4.69) is 0 Å². The van der Waals surface area contributed by atoms with Gasteiger partial charge in [-0.25, -0.2) is 4.79 Å². The SMILES string of the molecule is CN1C(=O)C(C2C=CCCC2)C(=O)N(C)C1=O. The van der Waals surface area contributed by atoms with Gasteiger partial charge in [0, 0.05) is 14.1 Å². The smallest absolute Gasteiger partial charge is 0.273 e. The molecule has 2 aliphatic rings. The summed E-state index contributed by atoms with van der Waals surface area (Å²) in [5, 5.41) is 0. The highest BCUT2D eigenvalue weighted by molar-refractivity contribution is 6.16. The Hall–Kier alpha value is -1.65. The van der Waals surface area contributed by atoms with E-state index in [1.807, 2.05) is 12.2 Å². The molecule has 1 aliphatic heterocycles. The van der Waals surface area contributed by atoms with Crippen LogP contribution in [-0.4, -0.2) is 41.7 Å². The number of carbonyl (C=O) groups is 3. The molecular weight excluding hydrogens is 220 g/mol. The molecule has 0 spiro atoms. The second kappa shape index (κ2) is 4.31. The highest BCUT2D eigenvalue weighted by atomic mass is 16.2. The number of rotatable bonds is 1. The van der Waals surface area contributed by atoms with Crippen molar-refractivity contribution in [2.24, 2.45) is 11.8 Å². The van der Waals surface area contributed by atoms with E-state index in [4.69, 9.17) is 0 Å². The van der Waals surface area contributed by atoms with E-state index in [1.165, 1.54) is 14.1 Å². The molecule has 0 bridgehead atoms. The Morgan fingerprint density at radius 2 is 1.71 bits per heavy atom. The number of amides is 4. The molecule has 92 valence electrons. The number of allylic oxidation sites excluding steroid dienone is 2. The Balaban J connectivity index is 2.28. The predicted octanol–water partition coefficient (Wildman–Crippen LogP) is 1.01. The predicted molar refractivity (Wildman–Crippen MR) is 60.9 cm³/mol.